The zero-order valence-corrected chi connectivity index (χ0v) is 12.3. The lowest BCUT2D eigenvalue weighted by atomic mass is 10.2. The molecule has 0 radical (unpaired) electrons. The van der Waals surface area contributed by atoms with E-state index in [1.54, 1.807) is 18.5 Å². The summed E-state index contributed by atoms with van der Waals surface area (Å²) in [6.07, 6.45) is 4.18. The summed E-state index contributed by atoms with van der Waals surface area (Å²) in [7, 11) is -0.856. The molecule has 0 saturated carbocycles. The second-order valence-electron chi connectivity index (χ2n) is 4.04. The van der Waals surface area contributed by atoms with Gasteiger partial charge in [0, 0.05) is 47.8 Å². The van der Waals surface area contributed by atoms with E-state index in [0.29, 0.717) is 23.6 Å². The van der Waals surface area contributed by atoms with Gasteiger partial charge in [0.15, 0.2) is 0 Å². The minimum atomic E-state index is -0.856. The first kappa shape index (κ1) is 15.6. The molecule has 0 bridgehead atoms. The molecule has 106 valence electrons. The lowest BCUT2D eigenvalue weighted by Crippen LogP contribution is -2.28. The van der Waals surface area contributed by atoms with Gasteiger partial charge in [-0.15, -0.1) is 0 Å². The summed E-state index contributed by atoms with van der Waals surface area (Å²) < 4.78 is 11.3. The van der Waals surface area contributed by atoms with Crippen LogP contribution >= 0.6 is 0 Å². The molecule has 1 unspecified atom stereocenters. The third-order valence-electron chi connectivity index (χ3n) is 2.57. The van der Waals surface area contributed by atoms with E-state index in [9.17, 15) is 9.00 Å². The standard InChI is InChI=1S/C13H21N3O2S/c1-3-6-15-12-5-7-14-10-11(12)13(17)16-8-9-19(18)4-2/h5,7,10H,3-4,6,8-9H2,1-2H3,(H,14,15)(H,16,17). The van der Waals surface area contributed by atoms with Crippen LogP contribution in [-0.4, -0.2) is 39.7 Å². The summed E-state index contributed by atoms with van der Waals surface area (Å²) in [5.74, 6) is 0.923. The van der Waals surface area contributed by atoms with E-state index in [-0.39, 0.29) is 5.91 Å². The molecule has 0 saturated heterocycles. The number of aromatic nitrogens is 1. The van der Waals surface area contributed by atoms with Crippen molar-refractivity contribution >= 4 is 22.4 Å². The molecule has 1 aromatic rings. The van der Waals surface area contributed by atoms with Gasteiger partial charge < -0.3 is 10.6 Å². The highest BCUT2D eigenvalue weighted by Gasteiger charge is 2.10. The first-order valence-electron chi connectivity index (χ1n) is 6.50. The van der Waals surface area contributed by atoms with Crippen molar-refractivity contribution < 1.29 is 9.00 Å². The van der Waals surface area contributed by atoms with Gasteiger partial charge in [0.25, 0.3) is 5.91 Å². The van der Waals surface area contributed by atoms with Crippen molar-refractivity contribution in [3.8, 4) is 0 Å². The fourth-order valence-electron chi connectivity index (χ4n) is 1.51. The van der Waals surface area contributed by atoms with Crippen molar-refractivity contribution in [3.05, 3.63) is 24.0 Å². The van der Waals surface area contributed by atoms with E-state index < -0.39 is 10.8 Å². The van der Waals surface area contributed by atoms with Gasteiger partial charge in [-0.25, -0.2) is 0 Å². The fraction of sp³-hybridized carbons (Fsp3) is 0.538. The van der Waals surface area contributed by atoms with E-state index in [2.05, 4.69) is 22.5 Å². The van der Waals surface area contributed by atoms with Crippen LogP contribution in [0.1, 0.15) is 30.6 Å². The van der Waals surface area contributed by atoms with Crippen LogP contribution in [-0.2, 0) is 10.8 Å². The highest BCUT2D eigenvalue weighted by atomic mass is 32.2. The number of anilines is 1. The van der Waals surface area contributed by atoms with Gasteiger partial charge in [-0.2, -0.15) is 0 Å². The van der Waals surface area contributed by atoms with Crippen molar-refractivity contribution in [2.75, 3.05) is 29.9 Å². The van der Waals surface area contributed by atoms with Gasteiger partial charge in [0.05, 0.1) is 11.3 Å². The van der Waals surface area contributed by atoms with Crippen molar-refractivity contribution in [1.29, 1.82) is 0 Å². The SMILES string of the molecule is CCCNc1ccncc1C(=O)NCCS(=O)CC. The average molecular weight is 283 g/mol. The first-order valence-corrected chi connectivity index (χ1v) is 7.98. The summed E-state index contributed by atoms with van der Waals surface area (Å²) in [6, 6.07) is 1.79. The molecule has 0 aliphatic carbocycles. The number of nitrogens with zero attached hydrogens (tertiary/aromatic N) is 1. The van der Waals surface area contributed by atoms with Gasteiger partial charge in [-0.1, -0.05) is 13.8 Å². The molecule has 0 aliphatic rings. The number of amides is 1. The Morgan fingerprint density at radius 1 is 1.37 bits per heavy atom. The Hall–Kier alpha value is -1.43. The molecule has 5 nitrogen and oxygen atoms in total. The van der Waals surface area contributed by atoms with E-state index in [0.717, 1.165) is 18.7 Å². The molecule has 0 fully saturated rings. The van der Waals surface area contributed by atoms with Crippen LogP contribution in [0.2, 0.25) is 0 Å². The summed E-state index contributed by atoms with van der Waals surface area (Å²) in [4.78, 5) is 16.0. The molecule has 1 rings (SSSR count). The van der Waals surface area contributed by atoms with Crippen molar-refractivity contribution in [3.63, 3.8) is 0 Å². The Morgan fingerprint density at radius 2 is 2.16 bits per heavy atom. The molecule has 2 N–H and O–H groups in total. The molecule has 0 aromatic carbocycles. The molecule has 6 heteroatoms. The zero-order chi connectivity index (χ0) is 14.1. The van der Waals surface area contributed by atoms with Crippen molar-refractivity contribution in [1.82, 2.24) is 10.3 Å². The van der Waals surface area contributed by atoms with Crippen molar-refractivity contribution in [2.24, 2.45) is 0 Å². The van der Waals surface area contributed by atoms with Gasteiger partial charge in [0.2, 0.25) is 0 Å². The fourth-order valence-corrected chi connectivity index (χ4v) is 2.13. The first-order chi connectivity index (χ1) is 9.19. The normalized spacial score (nSPS) is 11.9. The Bertz CT molecular complexity index is 438. The zero-order valence-electron chi connectivity index (χ0n) is 11.4. The topological polar surface area (TPSA) is 71.1 Å². The van der Waals surface area contributed by atoms with E-state index in [1.165, 1.54) is 0 Å². The molecule has 1 amide bonds. The highest BCUT2D eigenvalue weighted by Crippen LogP contribution is 2.13. The molecule has 0 spiro atoms. The quantitative estimate of drug-likeness (QED) is 0.756. The maximum atomic E-state index is 12.0. The lowest BCUT2D eigenvalue weighted by molar-refractivity contribution is 0.0956. The summed E-state index contributed by atoms with van der Waals surface area (Å²) in [5.41, 5.74) is 1.31. The molecular formula is C13H21N3O2S. The maximum absolute atomic E-state index is 12.0. The largest absolute Gasteiger partial charge is 0.384 e. The average Bonchev–Trinajstić information content (AvgIpc) is 2.45. The third-order valence-corrected chi connectivity index (χ3v) is 3.87. The van der Waals surface area contributed by atoms with Crippen LogP contribution in [0.15, 0.2) is 18.5 Å². The smallest absolute Gasteiger partial charge is 0.254 e. The minimum Gasteiger partial charge on any atom is -0.384 e. The molecule has 1 heterocycles. The lowest BCUT2D eigenvalue weighted by Gasteiger charge is -2.10. The van der Waals surface area contributed by atoms with Crippen molar-refractivity contribution in [2.45, 2.75) is 20.3 Å². The molecule has 19 heavy (non-hydrogen) atoms. The maximum Gasteiger partial charge on any atom is 0.254 e. The van der Waals surface area contributed by atoms with Crippen LogP contribution < -0.4 is 10.6 Å². The summed E-state index contributed by atoms with van der Waals surface area (Å²) in [5, 5.41) is 5.96. The van der Waals surface area contributed by atoms with E-state index >= 15 is 0 Å². The molecule has 0 aliphatic heterocycles. The second-order valence-corrected chi connectivity index (χ2v) is 5.90. The summed E-state index contributed by atoms with van der Waals surface area (Å²) in [6.45, 7) is 5.16. The van der Waals surface area contributed by atoms with E-state index in [1.807, 2.05) is 6.92 Å². The number of rotatable bonds is 8. The highest BCUT2D eigenvalue weighted by molar-refractivity contribution is 7.84. The van der Waals surface area contributed by atoms with Gasteiger partial charge >= 0.3 is 0 Å². The number of nitrogens with one attached hydrogen (secondary N) is 2. The van der Waals surface area contributed by atoms with Gasteiger partial charge in [0.1, 0.15) is 0 Å². The Labute approximate surface area is 116 Å². The molecule has 1 aromatic heterocycles. The predicted molar refractivity (Wildman–Crippen MR) is 78.9 cm³/mol. The Kier molecular flexibility index (Phi) is 7.10. The van der Waals surface area contributed by atoms with Gasteiger partial charge in [-0.05, 0) is 12.5 Å². The van der Waals surface area contributed by atoms with Crippen LogP contribution in [0.5, 0.6) is 0 Å². The van der Waals surface area contributed by atoms with E-state index in [4.69, 9.17) is 0 Å². The number of hydrogen-bond donors (Lipinski definition) is 2. The monoisotopic (exact) mass is 283 g/mol. The second kappa shape index (κ2) is 8.63. The molecular weight excluding hydrogens is 262 g/mol. The van der Waals surface area contributed by atoms with Crippen LogP contribution in [0, 0.1) is 0 Å². The minimum absolute atomic E-state index is 0.181. The predicted octanol–water partition coefficient (Wildman–Crippen LogP) is 1.40. The number of carbonyl (C=O) groups excluding carboxylic acids is 1. The Morgan fingerprint density at radius 3 is 2.84 bits per heavy atom. The summed E-state index contributed by atoms with van der Waals surface area (Å²) >= 11 is 0. The van der Waals surface area contributed by atoms with Crippen LogP contribution in [0.4, 0.5) is 5.69 Å². The third kappa shape index (κ3) is 5.38. The number of hydrogen-bond acceptors (Lipinski definition) is 4. The number of carbonyl (C=O) groups is 1. The van der Waals surface area contributed by atoms with Crippen LogP contribution in [0.3, 0.4) is 0 Å². The Balaban J connectivity index is 2.58. The van der Waals surface area contributed by atoms with Gasteiger partial charge in [-0.3, -0.25) is 14.0 Å². The van der Waals surface area contributed by atoms with Crippen LogP contribution in [0.25, 0.3) is 0 Å². The number of pyridine rings is 1. The molecule has 1 atom stereocenters.